The second kappa shape index (κ2) is 14.3. The second-order valence-corrected chi connectivity index (χ2v) is 23.0. The van der Waals surface area contributed by atoms with Gasteiger partial charge in [-0.15, -0.1) is 18.2 Å². The Morgan fingerprint density at radius 1 is 0.783 bits per heavy atom. The summed E-state index contributed by atoms with van der Waals surface area (Å²) in [5.74, 6) is 6.41. The van der Waals surface area contributed by atoms with Crippen molar-refractivity contribution >= 4 is 39.6 Å². The van der Waals surface area contributed by atoms with Crippen molar-refractivity contribution in [2.45, 2.75) is 43.9 Å². The molecule has 1 radical (unpaired) electrons. The van der Waals surface area contributed by atoms with Gasteiger partial charge in [0.25, 0.3) is 0 Å². The number of aromatic nitrogens is 2. The van der Waals surface area contributed by atoms with E-state index in [1.807, 2.05) is 98.9 Å². The third-order valence-electron chi connectivity index (χ3n) is 7.86. The van der Waals surface area contributed by atoms with Gasteiger partial charge in [0.2, 0.25) is 0 Å². The minimum absolute atomic E-state index is 0. The molecule has 0 aliphatic rings. The number of aryl methyl sites for hydroxylation is 1. The van der Waals surface area contributed by atoms with Gasteiger partial charge in [-0.05, 0) is 41.7 Å². The number of fused-ring (bicyclic) bond motifs is 3. The zero-order chi connectivity index (χ0) is 35.0. The smallest absolute Gasteiger partial charge is 0 e. The van der Waals surface area contributed by atoms with Crippen molar-refractivity contribution < 1.29 is 30.0 Å². The fourth-order valence-corrected chi connectivity index (χ4v) is 7.37. The minimum atomic E-state index is -2.12. The predicted molar refractivity (Wildman–Crippen MR) is 192 cm³/mol. The van der Waals surface area contributed by atoms with E-state index in [-0.39, 0.29) is 20.1 Å². The number of hydrogen-bond donors (Lipinski definition) is 0. The summed E-state index contributed by atoms with van der Waals surface area (Å²) in [6, 6.07) is 39.3. The van der Waals surface area contributed by atoms with Crippen LogP contribution in [-0.2, 0) is 20.1 Å². The van der Waals surface area contributed by atoms with Crippen LogP contribution < -0.4 is 4.40 Å². The monoisotopic (exact) mass is 845 g/mol. The van der Waals surface area contributed by atoms with Gasteiger partial charge in [-0.3, -0.25) is 0 Å². The van der Waals surface area contributed by atoms with E-state index in [1.165, 1.54) is 4.40 Å². The average molecular weight is 844 g/mol. The number of furan rings is 1. The summed E-state index contributed by atoms with van der Waals surface area (Å²) in [4.78, 5) is 9.05. The molecule has 0 aliphatic heterocycles. The molecule has 0 N–H and O–H groups in total. The maximum atomic E-state index is 8.34. The number of pyridine rings is 2. The van der Waals surface area contributed by atoms with Gasteiger partial charge in [-0.25, -0.2) is 0 Å². The van der Waals surface area contributed by atoms with E-state index in [0.29, 0.717) is 11.1 Å². The molecule has 3 heterocycles. The first-order valence-corrected chi connectivity index (χ1v) is 22.4. The van der Waals surface area contributed by atoms with Crippen LogP contribution in [0.3, 0.4) is 0 Å². The topological polar surface area (TPSA) is 38.9 Å². The van der Waals surface area contributed by atoms with Gasteiger partial charge in [0, 0.05) is 37.2 Å². The van der Waals surface area contributed by atoms with Gasteiger partial charge in [0.05, 0.1) is 5.58 Å². The number of benzene rings is 4. The third kappa shape index (κ3) is 7.42. The molecule has 3 nitrogen and oxygen atoms in total. The van der Waals surface area contributed by atoms with E-state index >= 15 is 0 Å². The summed E-state index contributed by atoms with van der Waals surface area (Å²) in [6.07, 6.45) is 3.76. The van der Waals surface area contributed by atoms with Gasteiger partial charge in [0.15, 0.2) is 0 Å². The first-order valence-electron chi connectivity index (χ1n) is 17.1. The predicted octanol–water partition coefficient (Wildman–Crippen LogP) is 10.6. The van der Waals surface area contributed by atoms with Crippen LogP contribution >= 0.6 is 0 Å². The van der Waals surface area contributed by atoms with Crippen LogP contribution in [0.2, 0.25) is 17.3 Å². The van der Waals surface area contributed by atoms with Crippen LogP contribution in [0.25, 0.3) is 55.6 Å². The molecule has 4 aromatic carbocycles. The van der Waals surface area contributed by atoms with Crippen LogP contribution in [-0.4, -0.2) is 23.2 Å². The van der Waals surface area contributed by atoms with Crippen molar-refractivity contribution in [2.75, 3.05) is 0 Å². The van der Waals surface area contributed by atoms with Crippen molar-refractivity contribution in [3.05, 3.63) is 139 Å². The maximum absolute atomic E-state index is 8.34. The molecule has 46 heavy (non-hydrogen) atoms. The SMILES string of the molecule is [2H]C([2H])([2H])c1ccc(-c2ccc3c(c2)oc2c(-c4cc(C([2H])(C)C)ccn4)[c-]ccc23)cc1.[CH3][Ge]([CH3])([CH3])[c]1ccc(-c2[c-]cccc2)nc1.[Ir]. The van der Waals surface area contributed by atoms with E-state index in [2.05, 4.69) is 51.5 Å². The summed E-state index contributed by atoms with van der Waals surface area (Å²) in [6.45, 7) is 1.59. The Hall–Kier alpha value is -3.83. The summed E-state index contributed by atoms with van der Waals surface area (Å²) >= 11 is -1.72. The summed E-state index contributed by atoms with van der Waals surface area (Å²) in [7, 11) is 0. The molecular weight excluding hydrogens is 801 g/mol. The Bertz CT molecular complexity index is 2220. The normalized spacial score (nSPS) is 13.1. The molecule has 0 atom stereocenters. The van der Waals surface area contributed by atoms with E-state index in [9.17, 15) is 0 Å². The molecule has 0 saturated heterocycles. The second-order valence-electron chi connectivity index (χ2n) is 12.4. The van der Waals surface area contributed by atoms with E-state index in [0.717, 1.165) is 55.6 Å². The molecule has 233 valence electrons. The van der Waals surface area contributed by atoms with Gasteiger partial charge >= 0.3 is 99.8 Å². The van der Waals surface area contributed by atoms with Crippen LogP contribution in [0.4, 0.5) is 0 Å². The van der Waals surface area contributed by atoms with E-state index < -0.39 is 26.0 Å². The Kier molecular flexibility index (Phi) is 8.83. The number of rotatable bonds is 5. The molecule has 7 aromatic rings. The van der Waals surface area contributed by atoms with Crippen LogP contribution in [0.1, 0.15) is 36.4 Å². The molecule has 0 spiro atoms. The Morgan fingerprint density at radius 2 is 1.59 bits per heavy atom. The molecule has 0 saturated carbocycles. The minimum Gasteiger partial charge on any atom is 0 e. The van der Waals surface area contributed by atoms with Crippen molar-refractivity contribution in [1.82, 2.24) is 9.97 Å². The Balaban J connectivity index is 0.000000241. The maximum Gasteiger partial charge on any atom is 0 e. The van der Waals surface area contributed by atoms with Crippen molar-refractivity contribution in [3.63, 3.8) is 0 Å². The zero-order valence-corrected chi connectivity index (χ0v) is 31.1. The van der Waals surface area contributed by atoms with E-state index in [4.69, 9.17) is 9.90 Å². The van der Waals surface area contributed by atoms with Gasteiger partial charge < -0.3 is 9.40 Å². The molecule has 3 aromatic heterocycles. The number of hydrogen-bond acceptors (Lipinski definition) is 3. The van der Waals surface area contributed by atoms with Crippen LogP contribution in [0, 0.1) is 19.0 Å². The quantitative estimate of drug-likeness (QED) is 0.128. The summed E-state index contributed by atoms with van der Waals surface area (Å²) < 4.78 is 38.8. The average Bonchev–Trinajstić information content (AvgIpc) is 3.46. The molecule has 0 unspecified atom stereocenters. The van der Waals surface area contributed by atoms with Gasteiger partial charge in [0.1, 0.15) is 5.58 Å². The van der Waals surface area contributed by atoms with Crippen molar-refractivity contribution in [2.24, 2.45) is 0 Å². The molecular formula is C41H38GeIrN2O-2. The molecule has 0 bridgehead atoms. The third-order valence-corrected chi connectivity index (χ3v) is 12.1. The van der Waals surface area contributed by atoms with Crippen LogP contribution in [0.5, 0.6) is 0 Å². The van der Waals surface area contributed by atoms with E-state index in [1.54, 1.807) is 18.3 Å². The first-order chi connectivity index (χ1) is 23.2. The fourth-order valence-electron chi connectivity index (χ4n) is 5.20. The zero-order valence-electron chi connectivity index (χ0n) is 30.6. The first kappa shape index (κ1) is 28.4. The molecule has 7 rings (SSSR count). The molecule has 0 aliphatic carbocycles. The summed E-state index contributed by atoms with van der Waals surface area (Å²) in [5.41, 5.74) is 8.06. The summed E-state index contributed by atoms with van der Waals surface area (Å²) in [5, 5.41) is 1.96. The molecule has 0 fully saturated rings. The van der Waals surface area contributed by atoms with Crippen molar-refractivity contribution in [3.8, 4) is 33.6 Å². The van der Waals surface area contributed by atoms with Crippen LogP contribution in [0.15, 0.2) is 120 Å². The largest absolute Gasteiger partial charge is 0 e. The Morgan fingerprint density at radius 3 is 2.26 bits per heavy atom. The Labute approximate surface area is 294 Å². The standard InChI is InChI=1S/C27H22NO.C14H16GeN.Ir/c1-17(2)20-13-14-28-25(15-20)24-6-4-5-23-22-12-11-21(16-26(22)29-27(23)24)19-9-7-18(3)8-10-19;1-15(2,3)13-9-10-14(16-11-13)12-7-5-4-6-8-12;/h4-5,7-17H,1-3H3;4-7,9-11H,1-3H3;/q2*-1;/i3D3,17D;;. The molecule has 0 amide bonds. The fraction of sp³-hybridized carbons (Fsp3) is 0.171. The number of nitrogens with zero attached hydrogens (tertiary/aromatic N) is 2. The van der Waals surface area contributed by atoms with Crippen molar-refractivity contribution in [1.29, 1.82) is 0 Å². The van der Waals surface area contributed by atoms with Gasteiger partial charge in [-0.2, -0.15) is 0 Å². The van der Waals surface area contributed by atoms with Gasteiger partial charge in [-0.1, -0.05) is 78.4 Å². The molecule has 5 heteroatoms.